The van der Waals surface area contributed by atoms with Gasteiger partial charge in [0, 0.05) is 4.47 Å². The van der Waals surface area contributed by atoms with Gasteiger partial charge in [-0.1, -0.05) is 23.2 Å². The predicted molar refractivity (Wildman–Crippen MR) is 83.5 cm³/mol. The van der Waals surface area contributed by atoms with Crippen molar-refractivity contribution >= 4 is 67.7 Å². The maximum atomic E-state index is 6.19. The van der Waals surface area contributed by atoms with Gasteiger partial charge in [0.15, 0.2) is 11.5 Å². The lowest BCUT2D eigenvalue weighted by atomic mass is 10.3. The second-order valence-electron chi connectivity index (χ2n) is 3.88. The smallest absolute Gasteiger partial charge is 0.224 e. The maximum Gasteiger partial charge on any atom is 0.224 e. The molecule has 0 amide bonds. The van der Waals surface area contributed by atoms with Crippen LogP contribution < -0.4 is 11.1 Å². The van der Waals surface area contributed by atoms with E-state index in [1.54, 1.807) is 12.1 Å². The van der Waals surface area contributed by atoms with Crippen LogP contribution in [0.25, 0.3) is 11.2 Å². The van der Waals surface area contributed by atoms with Gasteiger partial charge in [0.2, 0.25) is 5.95 Å². The average molecular weight is 374 g/mol. The molecule has 9 heteroatoms. The first-order valence-corrected chi connectivity index (χ1v) is 6.98. The second kappa shape index (κ2) is 5.08. The number of halogens is 3. The number of benzene rings is 1. The van der Waals surface area contributed by atoms with Crippen LogP contribution in [-0.2, 0) is 0 Å². The fourth-order valence-electron chi connectivity index (χ4n) is 1.69. The Balaban J connectivity index is 2.10. The van der Waals surface area contributed by atoms with E-state index in [-0.39, 0.29) is 5.95 Å². The number of nitrogens with two attached hydrogens (primary N) is 1. The van der Waals surface area contributed by atoms with Crippen molar-refractivity contribution in [1.82, 2.24) is 19.9 Å². The summed E-state index contributed by atoms with van der Waals surface area (Å²) in [5, 5.41) is 3.87. The monoisotopic (exact) mass is 372 g/mol. The van der Waals surface area contributed by atoms with Crippen LogP contribution in [0.1, 0.15) is 0 Å². The van der Waals surface area contributed by atoms with Gasteiger partial charge in [-0.05, 0) is 28.1 Å². The summed E-state index contributed by atoms with van der Waals surface area (Å²) < 4.78 is 0.712. The number of anilines is 3. The van der Waals surface area contributed by atoms with Gasteiger partial charge in [0.25, 0.3) is 0 Å². The molecule has 102 valence electrons. The van der Waals surface area contributed by atoms with E-state index in [0.717, 1.165) is 0 Å². The van der Waals surface area contributed by atoms with Gasteiger partial charge in [0.05, 0.1) is 22.1 Å². The van der Waals surface area contributed by atoms with Crippen molar-refractivity contribution in [3.8, 4) is 0 Å². The maximum absolute atomic E-state index is 6.19. The lowest BCUT2D eigenvalue weighted by molar-refractivity contribution is 1.21. The van der Waals surface area contributed by atoms with Crippen molar-refractivity contribution in [1.29, 1.82) is 0 Å². The molecule has 2 aromatic heterocycles. The lowest BCUT2D eigenvalue weighted by Crippen LogP contribution is -2.01. The number of fused-ring (bicyclic) bond motifs is 1. The van der Waals surface area contributed by atoms with Gasteiger partial charge in [-0.25, -0.2) is 4.98 Å². The highest BCUT2D eigenvalue weighted by atomic mass is 79.9. The Bertz CT molecular complexity index is 803. The number of hydrogen-bond acceptors (Lipinski definition) is 5. The number of H-pyrrole nitrogens is 1. The quantitative estimate of drug-likeness (QED) is 0.595. The number of nitrogens with one attached hydrogen (secondary N) is 2. The molecule has 20 heavy (non-hydrogen) atoms. The van der Waals surface area contributed by atoms with Crippen LogP contribution in [0.15, 0.2) is 22.9 Å². The van der Waals surface area contributed by atoms with Gasteiger partial charge in [-0.15, -0.1) is 0 Å². The van der Waals surface area contributed by atoms with Gasteiger partial charge in [-0.3, -0.25) is 0 Å². The Hall–Kier alpha value is -1.57. The van der Waals surface area contributed by atoms with E-state index in [1.807, 2.05) is 0 Å². The topological polar surface area (TPSA) is 92.5 Å². The number of nitrogen functional groups attached to an aromatic ring is 1. The molecule has 3 rings (SSSR count). The van der Waals surface area contributed by atoms with Gasteiger partial charge < -0.3 is 16.0 Å². The Morgan fingerprint density at radius 3 is 2.80 bits per heavy atom. The SMILES string of the molecule is Nc1nc(Nc2ccc(Br)c(Cl)c2Cl)c2[nH]cnc2n1. The van der Waals surface area contributed by atoms with Crippen LogP contribution in [0.3, 0.4) is 0 Å². The average Bonchev–Trinajstić information content (AvgIpc) is 2.87. The zero-order valence-electron chi connectivity index (χ0n) is 9.78. The molecule has 0 fully saturated rings. The van der Waals surface area contributed by atoms with Crippen LogP contribution in [0.5, 0.6) is 0 Å². The van der Waals surface area contributed by atoms with Crippen molar-refractivity contribution in [2.45, 2.75) is 0 Å². The summed E-state index contributed by atoms with van der Waals surface area (Å²) in [6.45, 7) is 0. The molecule has 0 atom stereocenters. The Morgan fingerprint density at radius 2 is 2.00 bits per heavy atom. The van der Waals surface area contributed by atoms with E-state index in [4.69, 9.17) is 28.9 Å². The molecule has 0 aliphatic heterocycles. The van der Waals surface area contributed by atoms with E-state index in [2.05, 4.69) is 41.2 Å². The van der Waals surface area contributed by atoms with Crippen LogP contribution in [0.2, 0.25) is 10.0 Å². The van der Waals surface area contributed by atoms with E-state index in [9.17, 15) is 0 Å². The van der Waals surface area contributed by atoms with Gasteiger partial charge in [-0.2, -0.15) is 9.97 Å². The summed E-state index contributed by atoms with van der Waals surface area (Å²) in [6.07, 6.45) is 1.51. The predicted octanol–water partition coefficient (Wildman–Crippen LogP) is 3.75. The first-order valence-electron chi connectivity index (χ1n) is 5.43. The molecule has 0 unspecified atom stereocenters. The minimum Gasteiger partial charge on any atom is -0.368 e. The summed E-state index contributed by atoms with van der Waals surface area (Å²) in [7, 11) is 0. The van der Waals surface area contributed by atoms with Crippen molar-refractivity contribution < 1.29 is 0 Å². The fourth-order valence-corrected chi connectivity index (χ4v) is 2.51. The molecule has 6 nitrogen and oxygen atoms in total. The molecule has 0 spiro atoms. The number of aromatic amines is 1. The standard InChI is InChI=1S/C11H7BrCl2N6/c12-4-1-2-5(7(14)6(4)13)18-10-8-9(17-3-16-8)19-11(15)20-10/h1-3H,(H4,15,16,17,18,19,20). The molecular weight excluding hydrogens is 367 g/mol. The molecule has 3 aromatic rings. The summed E-state index contributed by atoms with van der Waals surface area (Å²) in [5.74, 6) is 0.594. The van der Waals surface area contributed by atoms with Gasteiger partial charge in [0.1, 0.15) is 5.52 Å². The fraction of sp³-hybridized carbons (Fsp3) is 0. The number of aromatic nitrogens is 4. The van der Waals surface area contributed by atoms with Crippen molar-refractivity contribution in [2.24, 2.45) is 0 Å². The van der Waals surface area contributed by atoms with Crippen LogP contribution in [-0.4, -0.2) is 19.9 Å². The molecule has 1 aromatic carbocycles. The molecule has 0 saturated heterocycles. The summed E-state index contributed by atoms with van der Waals surface area (Å²) in [5.41, 5.74) is 7.36. The van der Waals surface area contributed by atoms with Crippen molar-refractivity contribution in [2.75, 3.05) is 11.1 Å². The van der Waals surface area contributed by atoms with E-state index in [1.165, 1.54) is 6.33 Å². The van der Waals surface area contributed by atoms with Crippen molar-refractivity contribution in [3.05, 3.63) is 33.0 Å². The minimum atomic E-state index is 0.117. The molecule has 4 N–H and O–H groups in total. The highest BCUT2D eigenvalue weighted by molar-refractivity contribution is 9.10. The first-order chi connectivity index (χ1) is 9.56. The van der Waals surface area contributed by atoms with E-state index >= 15 is 0 Å². The molecule has 0 aliphatic carbocycles. The molecule has 0 bridgehead atoms. The van der Waals surface area contributed by atoms with Crippen LogP contribution >= 0.6 is 39.1 Å². The second-order valence-corrected chi connectivity index (χ2v) is 5.49. The zero-order chi connectivity index (χ0) is 14.3. The molecule has 0 aliphatic rings. The number of nitrogens with zero attached hydrogens (tertiary/aromatic N) is 3. The third-order valence-corrected chi connectivity index (χ3v) is 4.36. The number of imidazole rings is 1. The first kappa shape index (κ1) is 13.4. The third-order valence-electron chi connectivity index (χ3n) is 2.59. The highest BCUT2D eigenvalue weighted by Gasteiger charge is 2.13. The zero-order valence-corrected chi connectivity index (χ0v) is 12.9. The summed E-state index contributed by atoms with van der Waals surface area (Å²) >= 11 is 15.6. The Kier molecular flexibility index (Phi) is 3.41. The molecule has 2 heterocycles. The third kappa shape index (κ3) is 2.28. The van der Waals surface area contributed by atoms with E-state index < -0.39 is 0 Å². The lowest BCUT2D eigenvalue weighted by Gasteiger charge is -2.10. The van der Waals surface area contributed by atoms with Crippen LogP contribution in [0.4, 0.5) is 17.5 Å². The van der Waals surface area contributed by atoms with Crippen LogP contribution in [0, 0.1) is 0 Å². The Morgan fingerprint density at radius 1 is 1.20 bits per heavy atom. The number of hydrogen-bond donors (Lipinski definition) is 3. The Labute approximate surface area is 131 Å². The highest BCUT2D eigenvalue weighted by Crippen LogP contribution is 2.37. The summed E-state index contributed by atoms with van der Waals surface area (Å²) in [4.78, 5) is 15.1. The largest absolute Gasteiger partial charge is 0.368 e. The molecule has 0 radical (unpaired) electrons. The van der Waals surface area contributed by atoms with E-state index in [0.29, 0.717) is 37.2 Å². The number of rotatable bonds is 2. The van der Waals surface area contributed by atoms with Crippen molar-refractivity contribution in [3.63, 3.8) is 0 Å². The molecular formula is C11H7BrCl2N6. The minimum absolute atomic E-state index is 0.117. The normalized spacial score (nSPS) is 10.9. The van der Waals surface area contributed by atoms with Gasteiger partial charge >= 0.3 is 0 Å². The molecule has 0 saturated carbocycles. The summed E-state index contributed by atoms with van der Waals surface area (Å²) in [6, 6.07) is 3.56.